The van der Waals surface area contributed by atoms with Crippen LogP contribution in [0, 0.1) is 0 Å². The molecule has 1 fully saturated rings. The first-order valence-corrected chi connectivity index (χ1v) is 3.75. The lowest BCUT2D eigenvalue weighted by atomic mass is 10.1. The number of β-amino-alcohol motifs (C(OH)–C–C–N with tert-alkyl or cyclic N) is 1. The molecule has 0 radical (unpaired) electrons. The summed E-state index contributed by atoms with van der Waals surface area (Å²) < 4.78 is 25.6. The minimum Gasteiger partial charge on any atom is -0.390 e. The van der Waals surface area contributed by atoms with E-state index in [4.69, 9.17) is 5.11 Å². The zero-order valence-electron chi connectivity index (χ0n) is 6.83. The van der Waals surface area contributed by atoms with Crippen molar-refractivity contribution in [1.29, 1.82) is 0 Å². The summed E-state index contributed by atoms with van der Waals surface area (Å²) >= 11 is 0. The zero-order valence-corrected chi connectivity index (χ0v) is 6.83. The topological polar surface area (TPSA) is 78.6 Å². The zero-order chi connectivity index (χ0) is 10.1. The number of likely N-dealkylation sites (tertiary alicyclic amines) is 1. The number of nitrogens with one attached hydrogen (secondary N) is 1. The Morgan fingerprint density at radius 2 is 2.23 bits per heavy atom. The summed E-state index contributed by atoms with van der Waals surface area (Å²) in [6.07, 6.45) is -0.559. The normalized spacial score (nSPS) is 19.7. The Morgan fingerprint density at radius 3 is 2.62 bits per heavy atom. The molecule has 4 N–H and O–H groups in total. The van der Waals surface area contributed by atoms with E-state index in [2.05, 4.69) is 5.84 Å². The molecule has 0 unspecified atom stereocenters. The van der Waals surface area contributed by atoms with Crippen molar-refractivity contribution in [1.82, 2.24) is 10.3 Å². The van der Waals surface area contributed by atoms with E-state index in [1.54, 1.807) is 0 Å². The van der Waals surface area contributed by atoms with Gasteiger partial charge in [-0.2, -0.15) is 8.78 Å². The highest BCUT2D eigenvalue weighted by molar-refractivity contribution is 5.83. The van der Waals surface area contributed by atoms with Crippen molar-refractivity contribution < 1.29 is 18.7 Å². The molecule has 0 spiro atoms. The third-order valence-electron chi connectivity index (χ3n) is 1.82. The number of rotatable bonds is 3. The fraction of sp³-hybridized carbons (Fsp3) is 0.833. The monoisotopic (exact) mass is 195 g/mol. The van der Waals surface area contributed by atoms with E-state index in [0.29, 0.717) is 0 Å². The van der Waals surface area contributed by atoms with Gasteiger partial charge in [-0.25, -0.2) is 5.84 Å². The number of hydrazine groups is 1. The number of hydrogen-bond acceptors (Lipinski definition) is 4. The van der Waals surface area contributed by atoms with Gasteiger partial charge in [-0.3, -0.25) is 15.1 Å². The molecule has 0 aromatic heterocycles. The molecule has 0 atom stereocenters. The van der Waals surface area contributed by atoms with Gasteiger partial charge in [0.2, 0.25) is 0 Å². The molecular weight excluding hydrogens is 184 g/mol. The summed E-state index contributed by atoms with van der Waals surface area (Å²) in [5.74, 6) is -0.424. The number of nitrogens with zero attached hydrogens (tertiary/aromatic N) is 1. The number of carbonyl (C=O) groups excluding carboxylic acids is 1. The number of halogens is 2. The molecule has 1 aliphatic heterocycles. The number of aliphatic hydroxyl groups is 1. The van der Waals surface area contributed by atoms with E-state index in [0.717, 1.165) is 0 Å². The van der Waals surface area contributed by atoms with Gasteiger partial charge in [0.25, 0.3) is 0 Å². The summed E-state index contributed by atoms with van der Waals surface area (Å²) in [4.78, 5) is 11.8. The second-order valence-corrected chi connectivity index (χ2v) is 3.03. The molecule has 13 heavy (non-hydrogen) atoms. The molecule has 1 heterocycles. The average Bonchev–Trinajstić information content (AvgIpc) is 1.99. The SMILES string of the molecule is NNC(=O)C(F)(F)CN1CC(O)C1. The second kappa shape index (κ2) is 3.52. The van der Waals surface area contributed by atoms with Crippen molar-refractivity contribution in [2.75, 3.05) is 19.6 Å². The van der Waals surface area contributed by atoms with Crippen LogP contribution >= 0.6 is 0 Å². The van der Waals surface area contributed by atoms with Crippen LogP contribution in [0.5, 0.6) is 0 Å². The van der Waals surface area contributed by atoms with Gasteiger partial charge in [0.1, 0.15) is 0 Å². The Kier molecular flexibility index (Phi) is 2.79. The smallest absolute Gasteiger partial charge is 0.338 e. The maximum Gasteiger partial charge on any atom is 0.338 e. The quantitative estimate of drug-likeness (QED) is 0.284. The molecule has 0 aromatic carbocycles. The molecule has 0 aromatic rings. The number of aliphatic hydroxyl groups excluding tert-OH is 1. The van der Waals surface area contributed by atoms with Crippen LogP contribution in [0.15, 0.2) is 0 Å². The van der Waals surface area contributed by atoms with Crippen molar-refractivity contribution in [3.8, 4) is 0 Å². The summed E-state index contributed by atoms with van der Waals surface area (Å²) in [6, 6.07) is 0. The Hall–Kier alpha value is -0.790. The first kappa shape index (κ1) is 10.3. The summed E-state index contributed by atoms with van der Waals surface area (Å²) in [7, 11) is 0. The molecule has 76 valence electrons. The fourth-order valence-electron chi connectivity index (χ4n) is 1.13. The Morgan fingerprint density at radius 1 is 1.69 bits per heavy atom. The van der Waals surface area contributed by atoms with Gasteiger partial charge in [0.15, 0.2) is 0 Å². The molecule has 0 saturated carbocycles. The van der Waals surface area contributed by atoms with E-state index >= 15 is 0 Å². The number of hydrogen-bond donors (Lipinski definition) is 3. The van der Waals surface area contributed by atoms with Crippen molar-refractivity contribution >= 4 is 5.91 Å². The lowest BCUT2D eigenvalue weighted by molar-refractivity contribution is -0.152. The van der Waals surface area contributed by atoms with Gasteiger partial charge in [-0.05, 0) is 0 Å². The number of carbonyl (C=O) groups is 1. The van der Waals surface area contributed by atoms with Crippen LogP contribution in [0.25, 0.3) is 0 Å². The van der Waals surface area contributed by atoms with E-state index in [9.17, 15) is 13.6 Å². The third-order valence-corrected chi connectivity index (χ3v) is 1.82. The van der Waals surface area contributed by atoms with Gasteiger partial charge in [0, 0.05) is 13.1 Å². The second-order valence-electron chi connectivity index (χ2n) is 3.03. The van der Waals surface area contributed by atoms with Crippen molar-refractivity contribution in [3.05, 3.63) is 0 Å². The standard InChI is InChI=1S/C6H11F2N3O2/c7-6(8,5(13)10-9)3-11-1-4(12)2-11/h4,12H,1-3,9H2,(H,10,13). The molecule has 0 aliphatic carbocycles. The molecule has 1 amide bonds. The van der Waals surface area contributed by atoms with Crippen LogP contribution in [0.3, 0.4) is 0 Å². The Bertz CT molecular complexity index is 206. The van der Waals surface area contributed by atoms with E-state index in [-0.39, 0.29) is 13.1 Å². The van der Waals surface area contributed by atoms with Crippen molar-refractivity contribution in [2.45, 2.75) is 12.0 Å². The summed E-state index contributed by atoms with van der Waals surface area (Å²) in [5, 5.41) is 8.80. The van der Waals surface area contributed by atoms with E-state index < -0.39 is 24.5 Å². The Balaban J connectivity index is 2.38. The van der Waals surface area contributed by atoms with E-state index in [1.807, 2.05) is 0 Å². The summed E-state index contributed by atoms with van der Waals surface area (Å²) in [6.45, 7) is -0.353. The van der Waals surface area contributed by atoms with Crippen molar-refractivity contribution in [2.24, 2.45) is 5.84 Å². The Labute approximate surface area is 73.5 Å². The van der Waals surface area contributed by atoms with Gasteiger partial charge in [-0.15, -0.1) is 0 Å². The van der Waals surface area contributed by atoms with Gasteiger partial charge < -0.3 is 5.11 Å². The lowest BCUT2D eigenvalue weighted by Gasteiger charge is -2.37. The predicted molar refractivity (Wildman–Crippen MR) is 39.7 cm³/mol. The van der Waals surface area contributed by atoms with Crippen LogP contribution in [0.2, 0.25) is 0 Å². The van der Waals surface area contributed by atoms with Crippen LogP contribution in [-0.4, -0.2) is 47.6 Å². The van der Waals surface area contributed by atoms with Crippen LogP contribution in [0.4, 0.5) is 8.78 Å². The highest BCUT2D eigenvalue weighted by Crippen LogP contribution is 2.18. The highest BCUT2D eigenvalue weighted by atomic mass is 19.3. The van der Waals surface area contributed by atoms with Gasteiger partial charge >= 0.3 is 11.8 Å². The first-order valence-electron chi connectivity index (χ1n) is 3.75. The maximum atomic E-state index is 12.8. The highest BCUT2D eigenvalue weighted by Gasteiger charge is 2.42. The largest absolute Gasteiger partial charge is 0.390 e. The number of alkyl halides is 2. The van der Waals surface area contributed by atoms with Crippen LogP contribution < -0.4 is 11.3 Å². The maximum absolute atomic E-state index is 12.8. The van der Waals surface area contributed by atoms with Crippen LogP contribution in [-0.2, 0) is 4.79 Å². The summed E-state index contributed by atoms with van der Waals surface area (Å²) in [5.41, 5.74) is 1.39. The number of amides is 1. The van der Waals surface area contributed by atoms with Gasteiger partial charge in [0.05, 0.1) is 12.6 Å². The lowest BCUT2D eigenvalue weighted by Crippen LogP contribution is -2.58. The van der Waals surface area contributed by atoms with Gasteiger partial charge in [-0.1, -0.05) is 0 Å². The van der Waals surface area contributed by atoms with Crippen LogP contribution in [0.1, 0.15) is 0 Å². The first-order chi connectivity index (χ1) is 5.95. The average molecular weight is 195 g/mol. The predicted octanol–water partition coefficient (Wildman–Crippen LogP) is -1.71. The molecule has 0 bridgehead atoms. The fourth-order valence-corrected chi connectivity index (χ4v) is 1.13. The molecule has 1 saturated heterocycles. The van der Waals surface area contributed by atoms with Crippen molar-refractivity contribution in [3.63, 3.8) is 0 Å². The molecule has 1 rings (SSSR count). The minimum atomic E-state index is -3.49. The molecule has 5 nitrogen and oxygen atoms in total. The molecule has 1 aliphatic rings. The minimum absolute atomic E-state index is 0.174. The molecule has 7 heteroatoms. The molecular formula is C6H11F2N3O2. The third kappa shape index (κ3) is 2.33. The van der Waals surface area contributed by atoms with E-state index in [1.165, 1.54) is 10.3 Å². The number of nitrogens with two attached hydrogens (primary N) is 1.